The smallest absolute Gasteiger partial charge is 0.255 e. The van der Waals surface area contributed by atoms with Gasteiger partial charge in [-0.1, -0.05) is 0 Å². The van der Waals surface area contributed by atoms with Crippen LogP contribution in [0.4, 0.5) is 0 Å². The van der Waals surface area contributed by atoms with Gasteiger partial charge in [0.25, 0.3) is 5.91 Å². The van der Waals surface area contributed by atoms with Crippen molar-refractivity contribution in [2.45, 2.75) is 46.3 Å². The average molecular weight is 289 g/mol. The first-order valence-corrected chi connectivity index (χ1v) is 7.16. The van der Waals surface area contributed by atoms with Gasteiger partial charge in [-0.15, -0.1) is 0 Å². The molecule has 0 aliphatic heterocycles. The van der Waals surface area contributed by atoms with E-state index in [1.807, 2.05) is 52.9 Å². The van der Waals surface area contributed by atoms with E-state index in [0.29, 0.717) is 12.1 Å². The van der Waals surface area contributed by atoms with Crippen molar-refractivity contribution in [1.82, 2.24) is 14.9 Å². The summed E-state index contributed by atoms with van der Waals surface area (Å²) >= 11 is 0. The van der Waals surface area contributed by atoms with Gasteiger partial charge in [0, 0.05) is 12.7 Å². The molecule has 2 aromatic heterocycles. The molecule has 0 saturated carbocycles. The molecular weight excluding hydrogens is 266 g/mol. The Morgan fingerprint density at radius 2 is 2.19 bits per heavy atom. The molecule has 0 aliphatic rings. The molecule has 1 amide bonds. The molecule has 0 saturated heterocycles. The van der Waals surface area contributed by atoms with Gasteiger partial charge < -0.3 is 10.1 Å². The summed E-state index contributed by atoms with van der Waals surface area (Å²) in [6.45, 7) is 10.4. The highest BCUT2D eigenvalue weighted by Gasteiger charge is 2.17. The predicted octanol–water partition coefficient (Wildman–Crippen LogP) is 2.58. The van der Waals surface area contributed by atoms with Gasteiger partial charge in [0.05, 0.1) is 29.0 Å². The highest BCUT2D eigenvalue weighted by atomic mass is 16.5. The third-order valence-electron chi connectivity index (χ3n) is 3.03. The van der Waals surface area contributed by atoms with Crippen molar-refractivity contribution in [3.63, 3.8) is 0 Å². The average Bonchev–Trinajstić information content (AvgIpc) is 2.76. The number of ether oxygens (including phenoxy) is 1. The number of aryl methyl sites for hydroxylation is 1. The van der Waals surface area contributed by atoms with Crippen LogP contribution in [0.3, 0.4) is 0 Å². The second kappa shape index (κ2) is 5.85. The summed E-state index contributed by atoms with van der Waals surface area (Å²) < 4.78 is 7.48. The lowest BCUT2D eigenvalue weighted by Gasteiger charge is -2.25. The summed E-state index contributed by atoms with van der Waals surface area (Å²) in [5.41, 5.74) is 2.28. The van der Waals surface area contributed by atoms with Crippen molar-refractivity contribution in [2.24, 2.45) is 0 Å². The normalized spacial score (nSPS) is 13.4. The Hall–Kier alpha value is -1.88. The number of hydrogen-bond acceptors (Lipinski definition) is 3. The molecular formula is C16H23N3O2. The van der Waals surface area contributed by atoms with Crippen LogP contribution in [0.5, 0.6) is 0 Å². The number of amides is 1. The molecule has 0 aromatic carbocycles. The van der Waals surface area contributed by atoms with Crippen LogP contribution in [0.25, 0.3) is 5.52 Å². The van der Waals surface area contributed by atoms with E-state index >= 15 is 0 Å². The van der Waals surface area contributed by atoms with E-state index in [1.54, 1.807) is 10.7 Å². The number of aromatic nitrogens is 2. The SMILES string of the molecule is Cc1ccn2ncc(C(=O)NC[C@@H](C)OC(C)(C)C)c2c1. The molecule has 5 nitrogen and oxygen atoms in total. The maximum atomic E-state index is 12.3. The Morgan fingerprint density at radius 3 is 2.86 bits per heavy atom. The Balaban J connectivity index is 2.04. The van der Waals surface area contributed by atoms with Gasteiger partial charge >= 0.3 is 0 Å². The summed E-state index contributed by atoms with van der Waals surface area (Å²) in [4.78, 5) is 12.3. The first-order chi connectivity index (χ1) is 9.76. The molecule has 2 rings (SSSR count). The van der Waals surface area contributed by atoms with Gasteiger partial charge in [-0.25, -0.2) is 4.52 Å². The Bertz CT molecular complexity index is 640. The standard InChI is InChI=1S/C16H23N3O2/c1-11-6-7-19-14(8-11)13(10-18-19)15(20)17-9-12(2)21-16(3,4)5/h6-8,10,12H,9H2,1-5H3,(H,17,20)/t12-/m1/s1. The molecule has 114 valence electrons. The van der Waals surface area contributed by atoms with Crippen molar-refractivity contribution < 1.29 is 9.53 Å². The van der Waals surface area contributed by atoms with Gasteiger partial charge in [0.1, 0.15) is 0 Å². The Morgan fingerprint density at radius 1 is 1.48 bits per heavy atom. The molecule has 21 heavy (non-hydrogen) atoms. The molecule has 0 aliphatic carbocycles. The third kappa shape index (κ3) is 4.04. The van der Waals surface area contributed by atoms with Crippen molar-refractivity contribution in [1.29, 1.82) is 0 Å². The summed E-state index contributed by atoms with van der Waals surface area (Å²) in [5, 5.41) is 7.09. The van der Waals surface area contributed by atoms with Crippen LogP contribution in [0.2, 0.25) is 0 Å². The van der Waals surface area contributed by atoms with E-state index < -0.39 is 0 Å². The number of pyridine rings is 1. The summed E-state index contributed by atoms with van der Waals surface area (Å²) in [7, 11) is 0. The molecule has 1 N–H and O–H groups in total. The molecule has 2 heterocycles. The molecule has 0 unspecified atom stereocenters. The van der Waals surface area contributed by atoms with Crippen LogP contribution in [0.1, 0.15) is 43.6 Å². The number of fused-ring (bicyclic) bond motifs is 1. The zero-order chi connectivity index (χ0) is 15.6. The topological polar surface area (TPSA) is 55.6 Å². The minimum absolute atomic E-state index is 0.0440. The quantitative estimate of drug-likeness (QED) is 0.941. The largest absolute Gasteiger partial charge is 0.371 e. The highest BCUT2D eigenvalue weighted by molar-refractivity contribution is 6.00. The highest BCUT2D eigenvalue weighted by Crippen LogP contribution is 2.13. The number of hydrogen-bond donors (Lipinski definition) is 1. The third-order valence-corrected chi connectivity index (χ3v) is 3.03. The maximum Gasteiger partial charge on any atom is 0.255 e. The molecule has 0 spiro atoms. The lowest BCUT2D eigenvalue weighted by Crippen LogP contribution is -2.36. The molecule has 2 aromatic rings. The summed E-state index contributed by atoms with van der Waals surface area (Å²) in [6.07, 6.45) is 3.41. The van der Waals surface area contributed by atoms with Crippen LogP contribution in [0.15, 0.2) is 24.5 Å². The van der Waals surface area contributed by atoms with Crippen molar-refractivity contribution in [3.8, 4) is 0 Å². The molecule has 0 radical (unpaired) electrons. The fourth-order valence-corrected chi connectivity index (χ4v) is 2.24. The minimum atomic E-state index is -0.217. The van der Waals surface area contributed by atoms with Crippen LogP contribution in [-0.2, 0) is 4.74 Å². The van der Waals surface area contributed by atoms with E-state index in [2.05, 4.69) is 10.4 Å². The van der Waals surface area contributed by atoms with E-state index in [4.69, 9.17) is 4.74 Å². The zero-order valence-electron chi connectivity index (χ0n) is 13.3. The second-order valence-electron chi connectivity index (χ2n) is 6.34. The zero-order valence-corrected chi connectivity index (χ0v) is 13.3. The van der Waals surface area contributed by atoms with Crippen LogP contribution < -0.4 is 5.32 Å². The Labute approximate surface area is 125 Å². The molecule has 1 atom stereocenters. The van der Waals surface area contributed by atoms with E-state index in [9.17, 15) is 4.79 Å². The predicted molar refractivity (Wildman–Crippen MR) is 82.6 cm³/mol. The van der Waals surface area contributed by atoms with Gasteiger partial charge in [-0.2, -0.15) is 5.10 Å². The van der Waals surface area contributed by atoms with Crippen molar-refractivity contribution >= 4 is 11.4 Å². The first-order valence-electron chi connectivity index (χ1n) is 7.16. The lowest BCUT2D eigenvalue weighted by atomic mass is 10.2. The monoisotopic (exact) mass is 289 g/mol. The van der Waals surface area contributed by atoms with Gasteiger partial charge in [-0.05, 0) is 52.3 Å². The van der Waals surface area contributed by atoms with E-state index in [1.165, 1.54) is 0 Å². The summed E-state index contributed by atoms with van der Waals surface area (Å²) in [5.74, 6) is -0.125. The Kier molecular flexibility index (Phi) is 4.32. The van der Waals surface area contributed by atoms with Gasteiger partial charge in [0.2, 0.25) is 0 Å². The van der Waals surface area contributed by atoms with Gasteiger partial charge in [-0.3, -0.25) is 4.79 Å². The number of nitrogens with one attached hydrogen (secondary N) is 1. The molecule has 0 bridgehead atoms. The number of carbonyl (C=O) groups is 1. The fraction of sp³-hybridized carbons (Fsp3) is 0.500. The van der Waals surface area contributed by atoms with Crippen molar-refractivity contribution in [2.75, 3.05) is 6.54 Å². The van der Waals surface area contributed by atoms with Gasteiger partial charge in [0.15, 0.2) is 0 Å². The van der Waals surface area contributed by atoms with Crippen LogP contribution in [-0.4, -0.2) is 33.8 Å². The molecule has 5 heteroatoms. The van der Waals surface area contributed by atoms with Crippen LogP contribution in [0, 0.1) is 6.92 Å². The lowest BCUT2D eigenvalue weighted by molar-refractivity contribution is -0.0492. The van der Waals surface area contributed by atoms with E-state index in [0.717, 1.165) is 11.1 Å². The van der Waals surface area contributed by atoms with Crippen molar-refractivity contribution in [3.05, 3.63) is 35.7 Å². The minimum Gasteiger partial charge on any atom is -0.371 e. The number of nitrogens with zero attached hydrogens (tertiary/aromatic N) is 2. The maximum absolute atomic E-state index is 12.3. The second-order valence-corrected chi connectivity index (χ2v) is 6.34. The molecule has 0 fully saturated rings. The van der Waals surface area contributed by atoms with Crippen LogP contribution >= 0.6 is 0 Å². The van der Waals surface area contributed by atoms with E-state index in [-0.39, 0.29) is 17.6 Å². The first kappa shape index (κ1) is 15.5. The number of rotatable bonds is 4. The number of carbonyl (C=O) groups excluding carboxylic acids is 1. The summed E-state index contributed by atoms with van der Waals surface area (Å²) in [6, 6.07) is 3.91. The fourth-order valence-electron chi connectivity index (χ4n) is 2.24.